The lowest BCUT2D eigenvalue weighted by atomic mass is 10.1. The van der Waals surface area contributed by atoms with Crippen LogP contribution in [0.3, 0.4) is 0 Å². The highest BCUT2D eigenvalue weighted by molar-refractivity contribution is 6.09. The quantitative estimate of drug-likeness (QED) is 0.382. The van der Waals surface area contributed by atoms with Gasteiger partial charge in [0.05, 0.1) is 5.56 Å². The van der Waals surface area contributed by atoms with Gasteiger partial charge in [-0.15, -0.1) is 0 Å². The van der Waals surface area contributed by atoms with Gasteiger partial charge in [-0.25, -0.2) is 10.9 Å². The maximum absolute atomic E-state index is 12.2. The molecule has 2 aromatic rings. The lowest BCUT2D eigenvalue weighted by molar-refractivity contribution is 0.0615. The number of amides is 2. The average Bonchev–Trinajstić information content (AvgIpc) is 3.01. The van der Waals surface area contributed by atoms with Gasteiger partial charge in [0.2, 0.25) is 6.79 Å². The van der Waals surface area contributed by atoms with Crippen molar-refractivity contribution in [1.29, 1.82) is 0 Å². The second-order valence-corrected chi connectivity index (χ2v) is 4.29. The van der Waals surface area contributed by atoms with E-state index < -0.39 is 11.8 Å². The van der Waals surface area contributed by atoms with E-state index in [1.807, 2.05) is 0 Å². The standard InChI is InChI=1S/C14H11N3O4/c15-17(14(19)10-2-1-5-16-7-10)13(18)9-3-4-11-12(6-9)21-8-20-11/h1-7H,8,15H2. The predicted molar refractivity (Wildman–Crippen MR) is 71.5 cm³/mol. The second kappa shape index (κ2) is 5.22. The summed E-state index contributed by atoms with van der Waals surface area (Å²) >= 11 is 0. The van der Waals surface area contributed by atoms with Gasteiger partial charge in [0.15, 0.2) is 11.5 Å². The summed E-state index contributed by atoms with van der Waals surface area (Å²) in [5.41, 5.74) is 0.466. The molecule has 1 aromatic carbocycles. The predicted octanol–water partition coefficient (Wildman–Crippen LogP) is 0.967. The molecule has 2 amide bonds. The summed E-state index contributed by atoms with van der Waals surface area (Å²) in [7, 11) is 0. The number of hydrogen-bond donors (Lipinski definition) is 1. The van der Waals surface area contributed by atoms with Crippen molar-refractivity contribution in [1.82, 2.24) is 9.99 Å². The van der Waals surface area contributed by atoms with Gasteiger partial charge in [0.25, 0.3) is 11.8 Å². The molecule has 1 aromatic heterocycles. The van der Waals surface area contributed by atoms with Crippen molar-refractivity contribution in [2.45, 2.75) is 0 Å². The number of fused-ring (bicyclic) bond motifs is 1. The van der Waals surface area contributed by atoms with Gasteiger partial charge in [-0.1, -0.05) is 0 Å². The molecule has 7 nitrogen and oxygen atoms in total. The van der Waals surface area contributed by atoms with Crippen molar-refractivity contribution in [3.05, 3.63) is 53.9 Å². The summed E-state index contributed by atoms with van der Waals surface area (Å²) < 4.78 is 10.3. The number of hydrogen-bond acceptors (Lipinski definition) is 6. The van der Waals surface area contributed by atoms with Gasteiger partial charge in [0, 0.05) is 18.0 Å². The topological polar surface area (TPSA) is 94.8 Å². The summed E-state index contributed by atoms with van der Waals surface area (Å²) in [6, 6.07) is 7.72. The lowest BCUT2D eigenvalue weighted by Crippen LogP contribution is -2.42. The van der Waals surface area contributed by atoms with Crippen LogP contribution < -0.4 is 15.3 Å². The Morgan fingerprint density at radius 3 is 2.62 bits per heavy atom. The molecule has 0 spiro atoms. The second-order valence-electron chi connectivity index (χ2n) is 4.29. The first-order valence-corrected chi connectivity index (χ1v) is 6.10. The van der Waals surface area contributed by atoms with Crippen molar-refractivity contribution < 1.29 is 19.1 Å². The molecule has 0 saturated heterocycles. The number of aromatic nitrogens is 1. The van der Waals surface area contributed by atoms with Gasteiger partial charge < -0.3 is 9.47 Å². The average molecular weight is 285 g/mol. The van der Waals surface area contributed by atoms with Crippen LogP contribution in [0.25, 0.3) is 0 Å². The molecule has 1 aliphatic heterocycles. The summed E-state index contributed by atoms with van der Waals surface area (Å²) in [6.45, 7) is 0.105. The first-order chi connectivity index (χ1) is 10.2. The number of carbonyl (C=O) groups excluding carboxylic acids is 2. The summed E-state index contributed by atoms with van der Waals surface area (Å²) in [5.74, 6) is 5.33. The minimum Gasteiger partial charge on any atom is -0.454 e. The van der Waals surface area contributed by atoms with Crippen LogP contribution in [0.5, 0.6) is 11.5 Å². The Bertz CT molecular complexity index is 703. The molecule has 0 unspecified atom stereocenters. The van der Waals surface area contributed by atoms with E-state index in [4.69, 9.17) is 15.3 Å². The Morgan fingerprint density at radius 2 is 1.86 bits per heavy atom. The van der Waals surface area contributed by atoms with Crippen LogP contribution in [-0.2, 0) is 0 Å². The third-order valence-electron chi connectivity index (χ3n) is 2.97. The molecule has 106 valence electrons. The van der Waals surface area contributed by atoms with Gasteiger partial charge in [-0.05, 0) is 30.3 Å². The SMILES string of the molecule is NN(C(=O)c1cccnc1)C(=O)c1ccc2c(c1)OCO2. The Morgan fingerprint density at radius 1 is 1.10 bits per heavy atom. The monoisotopic (exact) mass is 285 g/mol. The first-order valence-electron chi connectivity index (χ1n) is 6.10. The minimum absolute atomic E-state index is 0.105. The van der Waals surface area contributed by atoms with Crippen LogP contribution in [0.2, 0.25) is 0 Å². The molecule has 0 aliphatic carbocycles. The fourth-order valence-electron chi connectivity index (χ4n) is 1.89. The zero-order valence-electron chi connectivity index (χ0n) is 10.9. The van der Waals surface area contributed by atoms with Crippen molar-refractivity contribution in [2.75, 3.05) is 6.79 Å². The molecule has 1 aliphatic rings. The van der Waals surface area contributed by atoms with E-state index in [2.05, 4.69) is 4.98 Å². The Balaban J connectivity index is 1.83. The number of imide groups is 1. The summed E-state index contributed by atoms with van der Waals surface area (Å²) in [6.07, 6.45) is 2.87. The normalized spacial score (nSPS) is 12.0. The molecule has 3 rings (SSSR count). The third kappa shape index (κ3) is 2.41. The minimum atomic E-state index is -0.637. The maximum atomic E-state index is 12.2. The highest BCUT2D eigenvalue weighted by atomic mass is 16.7. The zero-order valence-corrected chi connectivity index (χ0v) is 10.9. The van der Waals surface area contributed by atoms with Crippen molar-refractivity contribution in [3.8, 4) is 11.5 Å². The van der Waals surface area contributed by atoms with E-state index in [-0.39, 0.29) is 17.9 Å². The van der Waals surface area contributed by atoms with Gasteiger partial charge in [-0.2, -0.15) is 0 Å². The van der Waals surface area contributed by atoms with Gasteiger partial charge >= 0.3 is 0 Å². The van der Waals surface area contributed by atoms with Crippen LogP contribution >= 0.6 is 0 Å². The van der Waals surface area contributed by atoms with Gasteiger partial charge in [0.1, 0.15) is 0 Å². The van der Waals surface area contributed by atoms with Crippen molar-refractivity contribution in [2.24, 2.45) is 5.84 Å². The Labute approximate surface area is 119 Å². The molecule has 0 atom stereocenters. The third-order valence-corrected chi connectivity index (χ3v) is 2.97. The highest BCUT2D eigenvalue weighted by Gasteiger charge is 2.23. The number of rotatable bonds is 2. The van der Waals surface area contributed by atoms with E-state index in [1.165, 1.54) is 30.6 Å². The van der Waals surface area contributed by atoms with E-state index in [0.29, 0.717) is 16.5 Å². The zero-order chi connectivity index (χ0) is 14.8. The number of hydrazine groups is 1. The number of benzene rings is 1. The van der Waals surface area contributed by atoms with Crippen LogP contribution in [0.15, 0.2) is 42.7 Å². The largest absolute Gasteiger partial charge is 0.454 e. The van der Waals surface area contributed by atoms with E-state index in [0.717, 1.165) is 0 Å². The molecule has 0 saturated carbocycles. The van der Waals surface area contributed by atoms with Crippen LogP contribution in [0.1, 0.15) is 20.7 Å². The summed E-state index contributed by atoms with van der Waals surface area (Å²) in [5, 5.41) is 0.550. The van der Waals surface area contributed by atoms with Crippen LogP contribution in [0, 0.1) is 0 Å². The van der Waals surface area contributed by atoms with Crippen LogP contribution in [0.4, 0.5) is 0 Å². The summed E-state index contributed by atoms with van der Waals surface area (Å²) in [4.78, 5) is 28.1. The fraction of sp³-hybridized carbons (Fsp3) is 0.0714. The lowest BCUT2D eigenvalue weighted by Gasteiger charge is -2.14. The molecule has 0 bridgehead atoms. The molecule has 21 heavy (non-hydrogen) atoms. The number of carbonyl (C=O) groups is 2. The molecule has 0 fully saturated rings. The number of nitrogens with zero attached hydrogens (tertiary/aromatic N) is 2. The highest BCUT2D eigenvalue weighted by Crippen LogP contribution is 2.32. The fourth-order valence-corrected chi connectivity index (χ4v) is 1.89. The van der Waals surface area contributed by atoms with Crippen LogP contribution in [-0.4, -0.2) is 28.6 Å². The smallest absolute Gasteiger partial charge is 0.276 e. The van der Waals surface area contributed by atoms with Crippen molar-refractivity contribution in [3.63, 3.8) is 0 Å². The molecule has 2 heterocycles. The van der Waals surface area contributed by atoms with E-state index >= 15 is 0 Å². The van der Waals surface area contributed by atoms with E-state index in [1.54, 1.807) is 12.1 Å². The number of pyridine rings is 1. The van der Waals surface area contributed by atoms with Gasteiger partial charge in [-0.3, -0.25) is 14.6 Å². The maximum Gasteiger partial charge on any atom is 0.276 e. The number of nitrogens with two attached hydrogens (primary N) is 1. The first kappa shape index (κ1) is 13.1. The molecular weight excluding hydrogens is 274 g/mol. The molecule has 7 heteroatoms. The molecule has 2 N–H and O–H groups in total. The van der Waals surface area contributed by atoms with E-state index in [9.17, 15) is 9.59 Å². The Kier molecular flexibility index (Phi) is 3.25. The van der Waals surface area contributed by atoms with Crippen molar-refractivity contribution >= 4 is 11.8 Å². The molecular formula is C14H11N3O4. The Hall–Kier alpha value is -2.93. The molecule has 0 radical (unpaired) electrons. The number of ether oxygens (including phenoxy) is 2.